The van der Waals surface area contributed by atoms with Crippen molar-refractivity contribution in [1.29, 1.82) is 0 Å². The number of hydrogen-bond donors (Lipinski definition) is 1. The highest BCUT2D eigenvalue weighted by molar-refractivity contribution is 5.75. The normalized spacial score (nSPS) is 22.0. The molecule has 0 fully saturated rings. The molecule has 11 heavy (non-hydrogen) atoms. The van der Waals surface area contributed by atoms with Crippen LogP contribution in [-0.4, -0.2) is 18.6 Å². The van der Waals surface area contributed by atoms with E-state index in [0.29, 0.717) is 0 Å². The van der Waals surface area contributed by atoms with Gasteiger partial charge in [0.05, 0.1) is 6.10 Å². The van der Waals surface area contributed by atoms with Gasteiger partial charge in [0.1, 0.15) is 6.61 Å². The Balaban J connectivity index is 2.22. The Hall–Kier alpha value is -1.09. The summed E-state index contributed by atoms with van der Waals surface area (Å²) in [5, 5.41) is 0. The molecule has 0 aromatic rings. The Morgan fingerprint density at radius 3 is 3.00 bits per heavy atom. The molecule has 0 spiro atoms. The topological polar surface area (TPSA) is 52.3 Å². The van der Waals surface area contributed by atoms with Crippen molar-refractivity contribution in [1.82, 2.24) is 0 Å². The van der Waals surface area contributed by atoms with Gasteiger partial charge in [-0.15, -0.1) is 0 Å². The van der Waals surface area contributed by atoms with E-state index in [2.05, 4.69) is 0 Å². The van der Waals surface area contributed by atoms with Gasteiger partial charge in [0.15, 0.2) is 0 Å². The highest BCUT2D eigenvalue weighted by Gasteiger charge is 2.05. The lowest BCUT2D eigenvalue weighted by Crippen LogP contribution is -2.22. The molecule has 0 heterocycles. The molecular weight excluding hydrogens is 142 g/mol. The van der Waals surface area contributed by atoms with Gasteiger partial charge in [-0.05, 0) is 6.42 Å². The third-order valence-electron chi connectivity index (χ3n) is 1.38. The highest BCUT2D eigenvalue weighted by atomic mass is 16.5. The van der Waals surface area contributed by atoms with Gasteiger partial charge in [-0.1, -0.05) is 24.3 Å². The van der Waals surface area contributed by atoms with Crippen LogP contribution >= 0.6 is 0 Å². The predicted octanol–water partition coefficient (Wildman–Crippen LogP) is 0.373. The second-order valence-electron chi connectivity index (χ2n) is 2.36. The zero-order valence-corrected chi connectivity index (χ0v) is 6.19. The maximum absolute atomic E-state index is 10.3. The Morgan fingerprint density at radius 1 is 1.64 bits per heavy atom. The Labute approximate surface area is 65.5 Å². The van der Waals surface area contributed by atoms with Gasteiger partial charge in [-0.25, -0.2) is 0 Å². The summed E-state index contributed by atoms with van der Waals surface area (Å²) in [6, 6.07) is 0. The summed E-state index contributed by atoms with van der Waals surface area (Å²) in [7, 11) is 0. The molecular formula is C8H11NO2. The summed E-state index contributed by atoms with van der Waals surface area (Å²) < 4.78 is 5.13. The molecule has 1 atom stereocenters. The van der Waals surface area contributed by atoms with Crippen LogP contribution < -0.4 is 5.73 Å². The van der Waals surface area contributed by atoms with E-state index in [1.54, 1.807) is 0 Å². The zero-order chi connectivity index (χ0) is 8.10. The maximum Gasteiger partial charge on any atom is 0.243 e. The van der Waals surface area contributed by atoms with Crippen molar-refractivity contribution in [3.63, 3.8) is 0 Å². The summed E-state index contributed by atoms with van der Waals surface area (Å²) in [6.07, 6.45) is 8.59. The average molecular weight is 153 g/mol. The summed E-state index contributed by atoms with van der Waals surface area (Å²) in [6.45, 7) is 0.00282. The van der Waals surface area contributed by atoms with E-state index in [1.165, 1.54) is 0 Å². The van der Waals surface area contributed by atoms with Gasteiger partial charge in [-0.2, -0.15) is 0 Å². The van der Waals surface area contributed by atoms with Crippen LogP contribution in [0.15, 0.2) is 24.3 Å². The lowest BCUT2D eigenvalue weighted by Gasteiger charge is -2.12. The lowest BCUT2D eigenvalue weighted by atomic mass is 10.1. The number of allylic oxidation sites excluding steroid dienone is 2. The Bertz CT molecular complexity index is 196. The van der Waals surface area contributed by atoms with Crippen molar-refractivity contribution < 1.29 is 9.53 Å². The molecule has 2 N–H and O–H groups in total. The van der Waals surface area contributed by atoms with E-state index in [4.69, 9.17) is 10.5 Å². The fraction of sp³-hybridized carbons (Fsp3) is 0.375. The van der Waals surface area contributed by atoms with E-state index >= 15 is 0 Å². The van der Waals surface area contributed by atoms with E-state index in [0.717, 1.165) is 6.42 Å². The second kappa shape index (κ2) is 3.93. The molecule has 0 saturated carbocycles. The van der Waals surface area contributed by atoms with E-state index in [1.807, 2.05) is 24.3 Å². The van der Waals surface area contributed by atoms with Crippen LogP contribution in [0, 0.1) is 0 Å². The smallest absolute Gasteiger partial charge is 0.243 e. The fourth-order valence-electron chi connectivity index (χ4n) is 0.871. The second-order valence-corrected chi connectivity index (χ2v) is 2.36. The maximum atomic E-state index is 10.3. The van der Waals surface area contributed by atoms with Crippen LogP contribution in [0.2, 0.25) is 0 Å². The minimum Gasteiger partial charge on any atom is -0.368 e. The van der Waals surface area contributed by atoms with Gasteiger partial charge in [-0.3, -0.25) is 4.79 Å². The molecule has 0 aromatic heterocycles. The number of carbonyl (C=O) groups is 1. The van der Waals surface area contributed by atoms with E-state index in [-0.39, 0.29) is 12.7 Å². The van der Waals surface area contributed by atoms with Crippen LogP contribution in [0.25, 0.3) is 0 Å². The molecule has 0 radical (unpaired) electrons. The molecule has 60 valence electrons. The van der Waals surface area contributed by atoms with Crippen LogP contribution in [-0.2, 0) is 9.53 Å². The Kier molecular flexibility index (Phi) is 2.86. The minimum atomic E-state index is -0.423. The molecule has 0 aliphatic heterocycles. The molecule has 0 bridgehead atoms. The number of primary amides is 1. The third-order valence-corrected chi connectivity index (χ3v) is 1.38. The fourth-order valence-corrected chi connectivity index (χ4v) is 0.871. The standard InChI is InChI=1S/C8H11NO2/c9-8(10)6-11-7-4-2-1-3-5-7/h1-4,7H,5-6H2,(H2,9,10). The van der Waals surface area contributed by atoms with Gasteiger partial charge < -0.3 is 10.5 Å². The quantitative estimate of drug-likeness (QED) is 0.637. The number of carbonyl (C=O) groups excluding carboxylic acids is 1. The SMILES string of the molecule is NC(=O)COC1C=CC=CC1. The van der Waals surface area contributed by atoms with Crippen LogP contribution in [0.5, 0.6) is 0 Å². The van der Waals surface area contributed by atoms with Crippen molar-refractivity contribution >= 4 is 5.91 Å². The van der Waals surface area contributed by atoms with Gasteiger partial charge >= 0.3 is 0 Å². The molecule has 1 rings (SSSR count). The van der Waals surface area contributed by atoms with Crippen molar-refractivity contribution in [2.75, 3.05) is 6.61 Å². The molecule has 1 amide bonds. The Morgan fingerprint density at radius 2 is 2.45 bits per heavy atom. The first-order valence-electron chi connectivity index (χ1n) is 3.52. The number of rotatable bonds is 3. The summed E-state index contributed by atoms with van der Waals surface area (Å²) >= 11 is 0. The van der Waals surface area contributed by atoms with E-state index in [9.17, 15) is 4.79 Å². The molecule has 1 aliphatic carbocycles. The van der Waals surface area contributed by atoms with Crippen molar-refractivity contribution in [2.24, 2.45) is 5.73 Å². The number of nitrogens with two attached hydrogens (primary N) is 1. The predicted molar refractivity (Wildman–Crippen MR) is 41.8 cm³/mol. The molecule has 1 aliphatic rings. The first kappa shape index (κ1) is 8.01. The summed E-state index contributed by atoms with van der Waals surface area (Å²) in [5.74, 6) is -0.423. The number of hydrogen-bond acceptors (Lipinski definition) is 2. The van der Waals surface area contributed by atoms with Crippen LogP contribution in [0.3, 0.4) is 0 Å². The largest absolute Gasteiger partial charge is 0.368 e. The molecule has 1 unspecified atom stereocenters. The van der Waals surface area contributed by atoms with Crippen molar-refractivity contribution in [3.8, 4) is 0 Å². The average Bonchev–Trinajstić information content (AvgIpc) is 2.03. The first-order valence-corrected chi connectivity index (χ1v) is 3.52. The summed E-state index contributed by atoms with van der Waals surface area (Å²) in [5.41, 5.74) is 4.90. The molecule has 0 aromatic carbocycles. The summed E-state index contributed by atoms with van der Waals surface area (Å²) in [4.78, 5) is 10.3. The lowest BCUT2D eigenvalue weighted by molar-refractivity contribution is -0.123. The van der Waals surface area contributed by atoms with E-state index < -0.39 is 5.91 Å². The molecule has 0 saturated heterocycles. The van der Waals surface area contributed by atoms with Gasteiger partial charge in [0.2, 0.25) is 5.91 Å². The zero-order valence-electron chi connectivity index (χ0n) is 6.19. The number of ether oxygens (including phenoxy) is 1. The van der Waals surface area contributed by atoms with Crippen molar-refractivity contribution in [2.45, 2.75) is 12.5 Å². The molecule has 3 heteroatoms. The van der Waals surface area contributed by atoms with Gasteiger partial charge in [0.25, 0.3) is 0 Å². The van der Waals surface area contributed by atoms with Gasteiger partial charge in [0, 0.05) is 0 Å². The van der Waals surface area contributed by atoms with Crippen molar-refractivity contribution in [3.05, 3.63) is 24.3 Å². The van der Waals surface area contributed by atoms with Crippen LogP contribution in [0.4, 0.5) is 0 Å². The van der Waals surface area contributed by atoms with Crippen LogP contribution in [0.1, 0.15) is 6.42 Å². The number of amides is 1. The monoisotopic (exact) mass is 153 g/mol. The first-order chi connectivity index (χ1) is 5.29. The minimum absolute atomic E-state index is 0.00282. The third kappa shape index (κ3) is 3.00. The highest BCUT2D eigenvalue weighted by Crippen LogP contribution is 2.06. The molecule has 3 nitrogen and oxygen atoms in total.